The van der Waals surface area contributed by atoms with Gasteiger partial charge in [-0.05, 0) is 30.4 Å². The Labute approximate surface area is 140 Å². The number of carboxylic acid groups (broad SMARTS) is 1. The third-order valence-electron chi connectivity index (χ3n) is 3.25. The summed E-state index contributed by atoms with van der Waals surface area (Å²) in [6.07, 6.45) is 0.820. The van der Waals surface area contributed by atoms with Crippen molar-refractivity contribution in [3.05, 3.63) is 34.3 Å². The molecule has 22 heavy (non-hydrogen) atoms. The van der Waals surface area contributed by atoms with Crippen molar-refractivity contribution in [2.45, 2.75) is 26.7 Å². The average Bonchev–Trinajstić information content (AvgIpc) is 2.42. The summed E-state index contributed by atoms with van der Waals surface area (Å²) < 4.78 is 27.3. The van der Waals surface area contributed by atoms with Crippen LogP contribution < -0.4 is 4.72 Å². The highest BCUT2D eigenvalue weighted by Gasteiger charge is 2.21. The number of sulfonamides is 1. The normalized spacial score (nSPS) is 13.3. The molecule has 0 radical (unpaired) electrons. The Morgan fingerprint density at radius 3 is 2.50 bits per heavy atom. The van der Waals surface area contributed by atoms with Gasteiger partial charge < -0.3 is 5.11 Å². The van der Waals surface area contributed by atoms with Gasteiger partial charge in [-0.3, -0.25) is 4.79 Å². The molecule has 0 aliphatic heterocycles. The first kappa shape index (κ1) is 19.1. The Kier molecular flexibility index (Phi) is 7.52. The van der Waals surface area contributed by atoms with Gasteiger partial charge in [0.05, 0.1) is 11.7 Å². The van der Waals surface area contributed by atoms with E-state index in [-0.39, 0.29) is 18.2 Å². The minimum absolute atomic E-state index is 0.0637. The number of nitrogens with one attached hydrogen (secondary N) is 1. The van der Waals surface area contributed by atoms with Crippen molar-refractivity contribution in [2.24, 2.45) is 11.8 Å². The van der Waals surface area contributed by atoms with E-state index in [2.05, 4.69) is 20.7 Å². The highest BCUT2D eigenvalue weighted by Crippen LogP contribution is 2.17. The number of carbonyl (C=O) groups is 1. The van der Waals surface area contributed by atoms with Crippen LogP contribution in [0, 0.1) is 11.8 Å². The molecule has 5 nitrogen and oxygen atoms in total. The van der Waals surface area contributed by atoms with Crippen molar-refractivity contribution >= 4 is 31.9 Å². The maximum atomic E-state index is 12.0. The highest BCUT2D eigenvalue weighted by atomic mass is 79.9. The van der Waals surface area contributed by atoms with E-state index in [1.165, 1.54) is 0 Å². The minimum Gasteiger partial charge on any atom is -0.481 e. The van der Waals surface area contributed by atoms with Gasteiger partial charge in [-0.15, -0.1) is 0 Å². The Hall–Kier alpha value is -0.920. The smallest absolute Gasteiger partial charge is 0.307 e. The zero-order valence-corrected chi connectivity index (χ0v) is 15.2. The van der Waals surface area contributed by atoms with Crippen LogP contribution in [0.1, 0.15) is 25.8 Å². The van der Waals surface area contributed by atoms with Gasteiger partial charge in [-0.25, -0.2) is 13.1 Å². The molecule has 1 aromatic rings. The van der Waals surface area contributed by atoms with Crippen LogP contribution >= 0.6 is 15.9 Å². The van der Waals surface area contributed by atoms with Gasteiger partial charge in [0.1, 0.15) is 0 Å². The van der Waals surface area contributed by atoms with Crippen LogP contribution in [-0.2, 0) is 21.2 Å². The van der Waals surface area contributed by atoms with Crippen LogP contribution in [0.4, 0.5) is 0 Å². The first-order valence-corrected chi connectivity index (χ1v) is 9.59. The van der Waals surface area contributed by atoms with Crippen LogP contribution in [0.25, 0.3) is 0 Å². The van der Waals surface area contributed by atoms with Crippen molar-refractivity contribution < 1.29 is 18.3 Å². The third-order valence-corrected chi connectivity index (χ3v) is 5.37. The van der Waals surface area contributed by atoms with Gasteiger partial charge in [0.2, 0.25) is 10.0 Å². The number of halogens is 1. The summed E-state index contributed by atoms with van der Waals surface area (Å²) in [6.45, 7) is 3.76. The molecule has 0 amide bonds. The van der Waals surface area contributed by atoms with Gasteiger partial charge in [0.25, 0.3) is 0 Å². The fourth-order valence-corrected chi connectivity index (χ4v) is 3.66. The highest BCUT2D eigenvalue weighted by molar-refractivity contribution is 9.10. The number of rotatable bonds is 9. The van der Waals surface area contributed by atoms with Crippen LogP contribution in [0.2, 0.25) is 0 Å². The Morgan fingerprint density at radius 2 is 1.95 bits per heavy atom. The molecule has 0 aliphatic rings. The molecule has 1 unspecified atom stereocenters. The maximum absolute atomic E-state index is 12.0. The summed E-state index contributed by atoms with van der Waals surface area (Å²) in [7, 11) is -3.50. The molecular formula is C15H22BrNO4S. The van der Waals surface area contributed by atoms with E-state index in [4.69, 9.17) is 5.11 Å². The van der Waals surface area contributed by atoms with E-state index in [1.54, 1.807) is 0 Å². The zero-order valence-electron chi connectivity index (χ0n) is 12.8. The molecule has 0 saturated heterocycles. The van der Waals surface area contributed by atoms with Crippen LogP contribution in [0.15, 0.2) is 28.7 Å². The molecule has 1 atom stereocenters. The van der Waals surface area contributed by atoms with Gasteiger partial charge in [-0.1, -0.05) is 48.0 Å². The van der Waals surface area contributed by atoms with Crippen molar-refractivity contribution in [1.82, 2.24) is 4.72 Å². The summed E-state index contributed by atoms with van der Waals surface area (Å²) in [6, 6.07) is 7.43. The van der Waals surface area contributed by atoms with E-state index >= 15 is 0 Å². The number of aryl methyl sites for hydroxylation is 1. The molecule has 2 N–H and O–H groups in total. The van der Waals surface area contributed by atoms with Gasteiger partial charge >= 0.3 is 5.97 Å². The van der Waals surface area contributed by atoms with E-state index in [0.717, 1.165) is 10.0 Å². The molecule has 0 aromatic heterocycles. The lowest BCUT2D eigenvalue weighted by Crippen LogP contribution is -2.35. The van der Waals surface area contributed by atoms with E-state index in [1.807, 2.05) is 38.1 Å². The summed E-state index contributed by atoms with van der Waals surface area (Å²) in [5.74, 6) is -1.53. The molecule has 124 valence electrons. The SMILES string of the molecule is CC(C)CC(CNS(=O)(=O)CCc1ccccc1Br)C(=O)O. The number of hydrogen-bond donors (Lipinski definition) is 2. The molecule has 0 spiro atoms. The van der Waals surface area contributed by atoms with Gasteiger partial charge in [0, 0.05) is 11.0 Å². The molecule has 0 aliphatic carbocycles. The minimum atomic E-state index is -3.50. The van der Waals surface area contributed by atoms with Crippen molar-refractivity contribution in [2.75, 3.05) is 12.3 Å². The second-order valence-corrected chi connectivity index (χ2v) is 8.45. The zero-order chi connectivity index (χ0) is 16.8. The predicted molar refractivity (Wildman–Crippen MR) is 90.2 cm³/mol. The number of hydrogen-bond acceptors (Lipinski definition) is 3. The average molecular weight is 392 g/mol. The molecule has 1 aromatic carbocycles. The molecule has 1 rings (SSSR count). The monoisotopic (exact) mass is 391 g/mol. The van der Waals surface area contributed by atoms with E-state index < -0.39 is 21.9 Å². The summed E-state index contributed by atoms with van der Waals surface area (Å²) >= 11 is 3.38. The van der Waals surface area contributed by atoms with Crippen LogP contribution in [0.5, 0.6) is 0 Å². The van der Waals surface area contributed by atoms with Gasteiger partial charge in [-0.2, -0.15) is 0 Å². The number of benzene rings is 1. The fraction of sp³-hybridized carbons (Fsp3) is 0.533. The quantitative estimate of drug-likeness (QED) is 0.677. The van der Waals surface area contributed by atoms with E-state index in [9.17, 15) is 13.2 Å². The maximum Gasteiger partial charge on any atom is 0.307 e. The molecule has 0 heterocycles. The first-order chi connectivity index (χ1) is 10.2. The molecule has 0 saturated carbocycles. The number of carboxylic acids is 1. The van der Waals surface area contributed by atoms with Crippen molar-refractivity contribution in [3.8, 4) is 0 Å². The van der Waals surface area contributed by atoms with Crippen LogP contribution in [0.3, 0.4) is 0 Å². The first-order valence-electron chi connectivity index (χ1n) is 7.15. The second-order valence-electron chi connectivity index (χ2n) is 5.67. The van der Waals surface area contributed by atoms with Crippen LogP contribution in [-0.4, -0.2) is 31.8 Å². The summed E-state index contributed by atoms with van der Waals surface area (Å²) in [4.78, 5) is 11.1. The Bertz CT molecular complexity index is 601. The molecule has 0 bridgehead atoms. The van der Waals surface area contributed by atoms with Crippen molar-refractivity contribution in [1.29, 1.82) is 0 Å². The lowest BCUT2D eigenvalue weighted by molar-refractivity contribution is -0.142. The predicted octanol–water partition coefficient (Wildman–Crippen LogP) is 2.66. The fourth-order valence-electron chi connectivity index (χ4n) is 2.09. The Balaban J connectivity index is 2.56. The molecule has 7 heteroatoms. The Morgan fingerprint density at radius 1 is 1.32 bits per heavy atom. The summed E-state index contributed by atoms with van der Waals surface area (Å²) in [5.41, 5.74) is 0.907. The third kappa shape index (κ3) is 6.89. The summed E-state index contributed by atoms with van der Waals surface area (Å²) in [5, 5.41) is 9.12. The largest absolute Gasteiger partial charge is 0.481 e. The standard InChI is InChI=1S/C15H22BrNO4S/c1-11(2)9-13(15(18)19)10-17-22(20,21)8-7-12-5-3-4-6-14(12)16/h3-6,11,13,17H,7-10H2,1-2H3,(H,18,19). The topological polar surface area (TPSA) is 83.5 Å². The number of aliphatic carboxylic acids is 1. The van der Waals surface area contributed by atoms with Crippen molar-refractivity contribution in [3.63, 3.8) is 0 Å². The molecular weight excluding hydrogens is 370 g/mol. The van der Waals surface area contributed by atoms with E-state index in [0.29, 0.717) is 12.8 Å². The molecule has 0 fully saturated rings. The second kappa shape index (κ2) is 8.64. The lowest BCUT2D eigenvalue weighted by atomic mass is 9.98. The van der Waals surface area contributed by atoms with Gasteiger partial charge in [0.15, 0.2) is 0 Å². The lowest BCUT2D eigenvalue weighted by Gasteiger charge is -2.15.